The van der Waals surface area contributed by atoms with Crippen LogP contribution in [0.25, 0.3) is 0 Å². The summed E-state index contributed by atoms with van der Waals surface area (Å²) in [4.78, 5) is 10.4. The van der Waals surface area contributed by atoms with E-state index in [1.165, 1.54) is 5.98 Å². The Morgan fingerprint density at radius 3 is 2.86 bits per heavy atom. The van der Waals surface area contributed by atoms with Crippen LogP contribution in [-0.4, -0.2) is 18.8 Å². The third-order valence-electron chi connectivity index (χ3n) is 0.833. The fraction of sp³-hybridized carbons (Fsp3) is 0.750. The van der Waals surface area contributed by atoms with Crippen LogP contribution in [0.4, 0.5) is 0 Å². The maximum Gasteiger partial charge on any atom is 0.208 e. The molecule has 0 aromatic carbocycles. The summed E-state index contributed by atoms with van der Waals surface area (Å²) in [5, 5.41) is 0. The lowest BCUT2D eigenvalue weighted by Gasteiger charge is -2.02. The first-order chi connectivity index (χ1) is 3.39. The third-order valence-corrected chi connectivity index (χ3v) is 1.97. The molecule has 0 saturated heterocycles. The molecule has 3 heteroatoms. The average Bonchev–Trinajstić information content (AvgIpc) is 1.69. The second kappa shape index (κ2) is 2.41. The van der Waals surface area contributed by atoms with E-state index >= 15 is 0 Å². The van der Waals surface area contributed by atoms with Crippen LogP contribution >= 0.6 is 7.77 Å². The minimum absolute atomic E-state index is 0.751. The van der Waals surface area contributed by atoms with Crippen molar-refractivity contribution < 1.29 is 9.63 Å². The zero-order valence-electron chi connectivity index (χ0n) is 3.96. The maximum atomic E-state index is 10.4. The van der Waals surface area contributed by atoms with Crippen LogP contribution in [0.1, 0.15) is 6.42 Å². The van der Waals surface area contributed by atoms with Gasteiger partial charge >= 0.3 is 0 Å². The molecule has 0 N–H and O–H groups in total. The van der Waals surface area contributed by atoms with Crippen molar-refractivity contribution in [1.29, 1.82) is 0 Å². The largest absolute Gasteiger partial charge is 0.629 e. The van der Waals surface area contributed by atoms with Crippen molar-refractivity contribution in [2.75, 3.05) is 12.8 Å². The summed E-state index contributed by atoms with van der Waals surface area (Å²) in [5.41, 5.74) is 0. The molecule has 2 nitrogen and oxygen atoms in total. The van der Waals surface area contributed by atoms with E-state index in [4.69, 9.17) is 4.74 Å². The molecule has 0 amide bonds. The second-order valence-corrected chi connectivity index (χ2v) is 2.96. The van der Waals surface area contributed by atoms with Crippen molar-refractivity contribution in [2.24, 2.45) is 0 Å². The van der Waals surface area contributed by atoms with E-state index in [-0.39, 0.29) is 0 Å². The summed E-state index contributed by atoms with van der Waals surface area (Å²) in [6.45, 7) is 0.751. The molecule has 7 heavy (non-hydrogen) atoms. The first-order valence-corrected chi connectivity index (χ1v) is 3.80. The fourth-order valence-corrected chi connectivity index (χ4v) is 1.31. The van der Waals surface area contributed by atoms with Crippen LogP contribution in [0.2, 0.25) is 0 Å². The standard InChI is InChI=1S/C4H7O2P/c5-7-3-1-2-6-4-7/h4H,1-3H2. The minimum Gasteiger partial charge on any atom is -0.629 e. The highest BCUT2D eigenvalue weighted by Crippen LogP contribution is 2.14. The Morgan fingerprint density at radius 1 is 1.71 bits per heavy atom. The van der Waals surface area contributed by atoms with E-state index in [1.807, 2.05) is 0 Å². The number of hydrogen-bond donors (Lipinski definition) is 0. The molecule has 1 unspecified atom stereocenters. The van der Waals surface area contributed by atoms with Gasteiger partial charge in [0.15, 0.2) is 0 Å². The van der Waals surface area contributed by atoms with Gasteiger partial charge in [0.2, 0.25) is 5.98 Å². The zero-order chi connectivity index (χ0) is 5.11. The van der Waals surface area contributed by atoms with Crippen LogP contribution in [0, 0.1) is 0 Å². The van der Waals surface area contributed by atoms with Crippen molar-refractivity contribution in [2.45, 2.75) is 6.42 Å². The fourth-order valence-electron chi connectivity index (χ4n) is 0.492. The van der Waals surface area contributed by atoms with Gasteiger partial charge < -0.3 is 9.63 Å². The molecule has 0 aromatic rings. The lowest BCUT2D eigenvalue weighted by atomic mass is 10.5. The van der Waals surface area contributed by atoms with Crippen LogP contribution in [0.15, 0.2) is 0 Å². The van der Waals surface area contributed by atoms with Gasteiger partial charge in [-0.25, -0.2) is 0 Å². The smallest absolute Gasteiger partial charge is 0.208 e. The quantitative estimate of drug-likeness (QED) is 0.417. The third kappa shape index (κ3) is 1.56. The highest BCUT2D eigenvalue weighted by atomic mass is 31.1. The first-order valence-electron chi connectivity index (χ1n) is 2.28. The molecule has 0 bridgehead atoms. The second-order valence-electron chi connectivity index (χ2n) is 1.47. The average molecular weight is 118 g/mol. The van der Waals surface area contributed by atoms with Gasteiger partial charge in [-0.2, -0.15) is 0 Å². The van der Waals surface area contributed by atoms with E-state index < -0.39 is 7.77 Å². The molecular weight excluding hydrogens is 111 g/mol. The molecule has 0 fully saturated rings. The van der Waals surface area contributed by atoms with Gasteiger partial charge in [-0.05, 0) is 0 Å². The summed E-state index contributed by atoms with van der Waals surface area (Å²) in [6, 6.07) is 0. The topological polar surface area (TPSA) is 32.3 Å². The van der Waals surface area contributed by atoms with Gasteiger partial charge in [0.25, 0.3) is 0 Å². The van der Waals surface area contributed by atoms with Crippen molar-refractivity contribution in [1.82, 2.24) is 0 Å². The number of ether oxygens (including phenoxy) is 1. The van der Waals surface area contributed by atoms with Crippen LogP contribution < -0.4 is 4.89 Å². The number of hydrogen-bond acceptors (Lipinski definition) is 2. The van der Waals surface area contributed by atoms with Gasteiger partial charge in [0.05, 0.1) is 14.4 Å². The Balaban J connectivity index is 2.40. The van der Waals surface area contributed by atoms with Gasteiger partial charge in [-0.3, -0.25) is 0 Å². The Morgan fingerprint density at radius 2 is 2.57 bits per heavy atom. The van der Waals surface area contributed by atoms with Gasteiger partial charge in [0, 0.05) is 6.42 Å². The molecule has 0 aromatic heterocycles. The summed E-state index contributed by atoms with van der Waals surface area (Å²) >= 11 is 0. The van der Waals surface area contributed by atoms with E-state index in [2.05, 4.69) is 0 Å². The van der Waals surface area contributed by atoms with Gasteiger partial charge in [-0.1, -0.05) is 0 Å². The zero-order valence-corrected chi connectivity index (χ0v) is 4.86. The molecule has 0 saturated carbocycles. The molecule has 1 atom stereocenters. The predicted octanol–water partition coefficient (Wildman–Crippen LogP) is -0.0764. The highest BCUT2D eigenvalue weighted by Gasteiger charge is 2.01. The Hall–Kier alpha value is 0.0900. The van der Waals surface area contributed by atoms with E-state index in [1.54, 1.807) is 0 Å². The van der Waals surface area contributed by atoms with Crippen molar-refractivity contribution in [3.63, 3.8) is 0 Å². The van der Waals surface area contributed by atoms with Gasteiger partial charge in [0.1, 0.15) is 6.16 Å². The van der Waals surface area contributed by atoms with Crippen LogP contribution in [0.5, 0.6) is 0 Å². The lowest BCUT2D eigenvalue weighted by molar-refractivity contribution is -0.153. The van der Waals surface area contributed by atoms with E-state index in [9.17, 15) is 4.89 Å². The molecule has 0 radical (unpaired) electrons. The number of rotatable bonds is 0. The van der Waals surface area contributed by atoms with Crippen molar-refractivity contribution >= 4 is 13.8 Å². The molecule has 1 aliphatic heterocycles. The van der Waals surface area contributed by atoms with E-state index in [0.717, 1.165) is 19.2 Å². The molecule has 1 aliphatic rings. The monoisotopic (exact) mass is 118 g/mol. The summed E-state index contributed by atoms with van der Waals surface area (Å²) in [5.74, 6) is 1.44. The van der Waals surface area contributed by atoms with Crippen molar-refractivity contribution in [3.05, 3.63) is 0 Å². The molecule has 1 heterocycles. The first kappa shape index (κ1) is 5.23. The summed E-state index contributed by atoms with van der Waals surface area (Å²) in [6.07, 6.45) is 1.76. The summed E-state index contributed by atoms with van der Waals surface area (Å²) < 4.78 is 4.77. The van der Waals surface area contributed by atoms with E-state index in [0.29, 0.717) is 0 Å². The molecule has 0 spiro atoms. The molecular formula is C4H7O2P. The SMILES string of the molecule is [O-][P+]1=COCCC1. The van der Waals surface area contributed by atoms with Crippen molar-refractivity contribution in [3.8, 4) is 0 Å². The predicted molar refractivity (Wildman–Crippen MR) is 28.4 cm³/mol. The molecule has 40 valence electrons. The normalized spacial score (nSPS) is 26.7. The van der Waals surface area contributed by atoms with Gasteiger partial charge in [-0.15, -0.1) is 0 Å². The minimum atomic E-state index is -1.09. The Bertz CT molecular complexity index is 89.7. The summed E-state index contributed by atoms with van der Waals surface area (Å²) in [7, 11) is -1.09. The highest BCUT2D eigenvalue weighted by molar-refractivity contribution is 7.49. The maximum absolute atomic E-state index is 10.4. The van der Waals surface area contributed by atoms with Crippen LogP contribution in [0.3, 0.4) is 0 Å². The molecule has 0 aliphatic carbocycles. The molecule has 1 rings (SSSR count). The van der Waals surface area contributed by atoms with Crippen LogP contribution in [-0.2, 0) is 4.74 Å². The Kier molecular flexibility index (Phi) is 1.80. The lowest BCUT2D eigenvalue weighted by Crippen LogP contribution is -2.06. The Labute approximate surface area is 43.6 Å².